The number of rotatable bonds is 6. The van der Waals surface area contributed by atoms with E-state index in [4.69, 9.17) is 0 Å². The minimum atomic E-state index is 0.327. The van der Waals surface area contributed by atoms with E-state index in [1.54, 1.807) is 12.1 Å². The van der Waals surface area contributed by atoms with Crippen molar-refractivity contribution < 1.29 is 10.2 Å². The SMILES string of the molecule is Oc1ccc(Cc2ccc(O)c(Cc3ccccc3)c2)cc1Cc1ccccc1. The highest BCUT2D eigenvalue weighted by Crippen LogP contribution is 2.26. The Morgan fingerprint density at radius 2 is 0.828 bits per heavy atom. The molecule has 0 spiro atoms. The van der Waals surface area contributed by atoms with Gasteiger partial charge >= 0.3 is 0 Å². The number of phenols is 2. The molecule has 4 aromatic carbocycles. The molecule has 0 bridgehead atoms. The predicted octanol–water partition coefficient (Wildman–Crippen LogP) is 5.87. The zero-order valence-electron chi connectivity index (χ0n) is 16.3. The van der Waals surface area contributed by atoms with Crippen molar-refractivity contribution in [2.24, 2.45) is 0 Å². The highest BCUT2D eigenvalue weighted by atomic mass is 16.3. The maximum absolute atomic E-state index is 10.3. The van der Waals surface area contributed by atoms with E-state index >= 15 is 0 Å². The first kappa shape index (κ1) is 18.8. The molecule has 144 valence electrons. The van der Waals surface area contributed by atoms with Gasteiger partial charge in [0.2, 0.25) is 0 Å². The van der Waals surface area contributed by atoms with Gasteiger partial charge in [0.05, 0.1) is 0 Å². The molecule has 0 radical (unpaired) electrons. The summed E-state index contributed by atoms with van der Waals surface area (Å²) in [5, 5.41) is 20.5. The molecule has 29 heavy (non-hydrogen) atoms. The third-order valence-corrected chi connectivity index (χ3v) is 5.17. The second-order valence-electron chi connectivity index (χ2n) is 7.43. The van der Waals surface area contributed by atoms with Crippen LogP contribution in [0.5, 0.6) is 11.5 Å². The molecular formula is C27H24O2. The fourth-order valence-corrected chi connectivity index (χ4v) is 3.65. The summed E-state index contributed by atoms with van der Waals surface area (Å²) in [6.45, 7) is 0. The zero-order chi connectivity index (χ0) is 20.1. The van der Waals surface area contributed by atoms with Crippen LogP contribution >= 0.6 is 0 Å². The fraction of sp³-hybridized carbons (Fsp3) is 0.111. The molecule has 0 aliphatic carbocycles. The van der Waals surface area contributed by atoms with Crippen LogP contribution in [-0.4, -0.2) is 10.2 Å². The van der Waals surface area contributed by atoms with Crippen molar-refractivity contribution in [2.45, 2.75) is 19.3 Å². The Hall–Kier alpha value is -3.52. The summed E-state index contributed by atoms with van der Waals surface area (Å²) < 4.78 is 0. The zero-order valence-corrected chi connectivity index (χ0v) is 16.3. The van der Waals surface area contributed by atoms with E-state index in [0.717, 1.165) is 28.7 Å². The first-order chi connectivity index (χ1) is 14.2. The molecule has 0 heterocycles. The summed E-state index contributed by atoms with van der Waals surface area (Å²) in [7, 11) is 0. The van der Waals surface area contributed by atoms with Gasteiger partial charge in [-0.1, -0.05) is 84.9 Å². The molecule has 4 rings (SSSR count). The van der Waals surface area contributed by atoms with E-state index < -0.39 is 0 Å². The second-order valence-corrected chi connectivity index (χ2v) is 7.43. The molecule has 2 heteroatoms. The summed E-state index contributed by atoms with van der Waals surface area (Å²) in [6.07, 6.45) is 2.16. The van der Waals surface area contributed by atoms with E-state index in [9.17, 15) is 10.2 Å². The van der Waals surface area contributed by atoms with Crippen LogP contribution in [0.15, 0.2) is 97.1 Å². The van der Waals surface area contributed by atoms with Crippen molar-refractivity contribution >= 4 is 0 Å². The summed E-state index contributed by atoms with van der Waals surface area (Å²) in [5.74, 6) is 0.654. The van der Waals surface area contributed by atoms with Crippen molar-refractivity contribution in [3.8, 4) is 11.5 Å². The van der Waals surface area contributed by atoms with Gasteiger partial charge in [-0.3, -0.25) is 0 Å². The summed E-state index contributed by atoms with van der Waals surface area (Å²) in [5.41, 5.74) is 6.49. The maximum Gasteiger partial charge on any atom is 0.119 e. The molecule has 0 saturated carbocycles. The maximum atomic E-state index is 10.3. The summed E-state index contributed by atoms with van der Waals surface area (Å²) in [6, 6.07) is 32.0. The molecule has 2 nitrogen and oxygen atoms in total. The van der Waals surface area contributed by atoms with Crippen LogP contribution in [0.2, 0.25) is 0 Å². The topological polar surface area (TPSA) is 40.5 Å². The smallest absolute Gasteiger partial charge is 0.119 e. The van der Waals surface area contributed by atoms with Crippen molar-refractivity contribution in [1.29, 1.82) is 0 Å². The van der Waals surface area contributed by atoms with Crippen LogP contribution in [0, 0.1) is 0 Å². The second kappa shape index (κ2) is 8.66. The van der Waals surface area contributed by atoms with Crippen LogP contribution in [0.1, 0.15) is 33.4 Å². The van der Waals surface area contributed by atoms with Crippen molar-refractivity contribution in [1.82, 2.24) is 0 Å². The summed E-state index contributed by atoms with van der Waals surface area (Å²) >= 11 is 0. The van der Waals surface area contributed by atoms with Crippen LogP contribution in [0.3, 0.4) is 0 Å². The van der Waals surface area contributed by atoms with Gasteiger partial charge in [-0.25, -0.2) is 0 Å². The lowest BCUT2D eigenvalue weighted by Gasteiger charge is -2.11. The lowest BCUT2D eigenvalue weighted by molar-refractivity contribution is 0.469. The van der Waals surface area contributed by atoms with E-state index in [1.807, 2.05) is 48.5 Å². The van der Waals surface area contributed by atoms with E-state index in [2.05, 4.69) is 36.4 Å². The average Bonchev–Trinajstić information content (AvgIpc) is 2.74. The third-order valence-electron chi connectivity index (χ3n) is 5.17. The van der Waals surface area contributed by atoms with Gasteiger partial charge in [-0.05, 0) is 51.9 Å². The molecular weight excluding hydrogens is 356 g/mol. The van der Waals surface area contributed by atoms with E-state index in [-0.39, 0.29) is 0 Å². The molecule has 0 unspecified atom stereocenters. The Labute approximate surface area is 171 Å². The fourth-order valence-electron chi connectivity index (χ4n) is 3.65. The van der Waals surface area contributed by atoms with Crippen LogP contribution in [0.4, 0.5) is 0 Å². The number of benzene rings is 4. The van der Waals surface area contributed by atoms with E-state index in [1.165, 1.54) is 11.1 Å². The average molecular weight is 380 g/mol. The first-order valence-corrected chi connectivity index (χ1v) is 9.87. The van der Waals surface area contributed by atoms with Gasteiger partial charge in [0.15, 0.2) is 0 Å². The monoisotopic (exact) mass is 380 g/mol. The highest BCUT2D eigenvalue weighted by molar-refractivity contribution is 5.44. The minimum Gasteiger partial charge on any atom is -0.508 e. The Kier molecular flexibility index (Phi) is 5.62. The van der Waals surface area contributed by atoms with Crippen LogP contribution < -0.4 is 0 Å². The van der Waals surface area contributed by atoms with Crippen molar-refractivity contribution in [3.63, 3.8) is 0 Å². The van der Waals surface area contributed by atoms with E-state index in [0.29, 0.717) is 24.3 Å². The first-order valence-electron chi connectivity index (χ1n) is 9.87. The van der Waals surface area contributed by atoms with Gasteiger partial charge < -0.3 is 10.2 Å². The Morgan fingerprint density at radius 3 is 1.24 bits per heavy atom. The number of hydrogen-bond donors (Lipinski definition) is 2. The Balaban J connectivity index is 1.54. The van der Waals surface area contributed by atoms with Gasteiger partial charge in [0, 0.05) is 12.8 Å². The van der Waals surface area contributed by atoms with Gasteiger partial charge in [0.1, 0.15) is 11.5 Å². The van der Waals surface area contributed by atoms with Gasteiger partial charge in [0.25, 0.3) is 0 Å². The number of aromatic hydroxyl groups is 2. The van der Waals surface area contributed by atoms with Crippen LogP contribution in [-0.2, 0) is 19.3 Å². The Morgan fingerprint density at radius 1 is 0.414 bits per heavy atom. The normalized spacial score (nSPS) is 10.8. The lowest BCUT2D eigenvalue weighted by atomic mass is 9.96. The molecule has 0 saturated heterocycles. The van der Waals surface area contributed by atoms with Gasteiger partial charge in [-0.2, -0.15) is 0 Å². The molecule has 0 amide bonds. The van der Waals surface area contributed by atoms with Gasteiger partial charge in [-0.15, -0.1) is 0 Å². The van der Waals surface area contributed by atoms with Crippen LogP contribution in [0.25, 0.3) is 0 Å². The molecule has 4 aromatic rings. The molecule has 0 fully saturated rings. The molecule has 0 aromatic heterocycles. The molecule has 0 atom stereocenters. The highest BCUT2D eigenvalue weighted by Gasteiger charge is 2.08. The summed E-state index contributed by atoms with van der Waals surface area (Å²) in [4.78, 5) is 0. The Bertz CT molecular complexity index is 997. The number of phenolic OH excluding ortho intramolecular Hbond substituents is 2. The molecule has 0 aliphatic rings. The minimum absolute atomic E-state index is 0.327. The largest absolute Gasteiger partial charge is 0.508 e. The molecule has 0 aliphatic heterocycles. The van der Waals surface area contributed by atoms with Crippen molar-refractivity contribution in [2.75, 3.05) is 0 Å². The lowest BCUT2D eigenvalue weighted by Crippen LogP contribution is -1.95. The van der Waals surface area contributed by atoms with Crippen molar-refractivity contribution in [3.05, 3.63) is 130 Å². The number of hydrogen-bond acceptors (Lipinski definition) is 2. The molecule has 2 N–H and O–H groups in total. The predicted molar refractivity (Wildman–Crippen MR) is 118 cm³/mol. The standard InChI is InChI=1S/C27H24O2/c28-26-13-11-22(18-24(26)16-20-7-3-1-4-8-20)15-23-12-14-27(29)25(19-23)17-21-9-5-2-6-10-21/h1-14,18-19,28-29H,15-17H2. The quantitative estimate of drug-likeness (QED) is 0.439. The third kappa shape index (κ3) is 4.85.